The number of rotatable bonds is 4. The average Bonchev–Trinajstić information content (AvgIpc) is 3.46. The number of hydrogen-bond donors (Lipinski definition) is 2. The van der Waals surface area contributed by atoms with Crippen LogP contribution in [-0.4, -0.2) is 36.3 Å². The van der Waals surface area contributed by atoms with Gasteiger partial charge < -0.3 is 15.0 Å². The van der Waals surface area contributed by atoms with E-state index < -0.39 is 0 Å². The second kappa shape index (κ2) is 7.52. The van der Waals surface area contributed by atoms with E-state index in [2.05, 4.69) is 39.5 Å². The molecule has 1 saturated heterocycles. The van der Waals surface area contributed by atoms with Crippen molar-refractivity contribution in [3.05, 3.63) is 59.3 Å². The summed E-state index contributed by atoms with van der Waals surface area (Å²) in [6.07, 6.45) is 4.73. The van der Waals surface area contributed by atoms with Gasteiger partial charge in [0.2, 0.25) is 5.91 Å². The summed E-state index contributed by atoms with van der Waals surface area (Å²) in [4.78, 5) is 15.1. The molecular weight excluding hydrogens is 376 g/mol. The first kappa shape index (κ1) is 18.7. The number of carbonyl (C=O) groups is 1. The Balaban J connectivity index is 1.57. The summed E-state index contributed by atoms with van der Waals surface area (Å²) >= 11 is 0. The molecule has 154 valence electrons. The molecule has 0 bridgehead atoms. The molecule has 3 heterocycles. The normalized spacial score (nSPS) is 18.3. The van der Waals surface area contributed by atoms with Gasteiger partial charge in [0, 0.05) is 47.9 Å². The number of ether oxygens (including phenoxy) is 1. The highest BCUT2D eigenvalue weighted by atomic mass is 16.5. The first-order valence-electron chi connectivity index (χ1n) is 10.5. The maximum atomic E-state index is 12.7. The summed E-state index contributed by atoms with van der Waals surface area (Å²) in [7, 11) is 1.66. The molecule has 3 aromatic rings. The largest absolute Gasteiger partial charge is 0.497 e. The Labute approximate surface area is 176 Å². The van der Waals surface area contributed by atoms with Crippen molar-refractivity contribution < 1.29 is 9.53 Å². The second-order valence-corrected chi connectivity index (χ2v) is 8.10. The molecule has 30 heavy (non-hydrogen) atoms. The summed E-state index contributed by atoms with van der Waals surface area (Å²) < 4.78 is 5.28. The van der Waals surface area contributed by atoms with Gasteiger partial charge in [-0.3, -0.25) is 9.89 Å². The predicted octanol–water partition coefficient (Wildman–Crippen LogP) is 4.47. The Morgan fingerprint density at radius 2 is 1.83 bits per heavy atom. The van der Waals surface area contributed by atoms with Gasteiger partial charge in [0.25, 0.3) is 0 Å². The molecule has 0 spiro atoms. The molecule has 0 radical (unpaired) electrons. The van der Waals surface area contributed by atoms with Gasteiger partial charge in [0.15, 0.2) is 0 Å². The first-order chi connectivity index (χ1) is 14.7. The van der Waals surface area contributed by atoms with Gasteiger partial charge in [-0.2, -0.15) is 5.10 Å². The Morgan fingerprint density at radius 1 is 1.07 bits per heavy atom. The van der Waals surface area contributed by atoms with Crippen LogP contribution in [0.1, 0.15) is 41.9 Å². The van der Waals surface area contributed by atoms with Crippen molar-refractivity contribution in [1.82, 2.24) is 10.2 Å². The minimum atomic E-state index is -0.0315. The highest BCUT2D eigenvalue weighted by Crippen LogP contribution is 2.44. The number of fused-ring (bicyclic) bond motifs is 1. The highest BCUT2D eigenvalue weighted by molar-refractivity contribution is 5.97. The third kappa shape index (κ3) is 3.12. The van der Waals surface area contributed by atoms with Crippen LogP contribution in [0.15, 0.2) is 42.6 Å². The van der Waals surface area contributed by atoms with Crippen LogP contribution in [-0.2, 0) is 4.79 Å². The fraction of sp³-hybridized carbons (Fsp3) is 0.333. The van der Waals surface area contributed by atoms with E-state index in [9.17, 15) is 4.79 Å². The monoisotopic (exact) mass is 402 g/mol. The molecular formula is C24H26N4O2. The van der Waals surface area contributed by atoms with Gasteiger partial charge in [0.1, 0.15) is 5.75 Å². The Bertz CT molecular complexity index is 1080. The summed E-state index contributed by atoms with van der Waals surface area (Å²) in [5.74, 6) is 0.833. The molecule has 6 heteroatoms. The molecule has 1 aromatic heterocycles. The Morgan fingerprint density at radius 3 is 2.57 bits per heavy atom. The lowest BCUT2D eigenvalue weighted by Crippen LogP contribution is -2.26. The lowest BCUT2D eigenvalue weighted by Gasteiger charge is -2.30. The number of methoxy groups -OCH3 is 1. The molecule has 2 aliphatic heterocycles. The van der Waals surface area contributed by atoms with Crippen molar-refractivity contribution in [1.29, 1.82) is 0 Å². The molecule has 1 amide bonds. The van der Waals surface area contributed by atoms with E-state index in [1.165, 1.54) is 18.5 Å². The fourth-order valence-corrected chi connectivity index (χ4v) is 4.79. The van der Waals surface area contributed by atoms with Crippen LogP contribution in [0.25, 0.3) is 11.3 Å². The number of benzene rings is 2. The van der Waals surface area contributed by atoms with E-state index in [4.69, 9.17) is 4.74 Å². The summed E-state index contributed by atoms with van der Waals surface area (Å²) in [5, 5.41) is 10.6. The smallest absolute Gasteiger partial charge is 0.225 e. The fourth-order valence-electron chi connectivity index (χ4n) is 4.79. The first-order valence-corrected chi connectivity index (χ1v) is 10.5. The van der Waals surface area contributed by atoms with Crippen LogP contribution < -0.4 is 15.0 Å². The lowest BCUT2D eigenvalue weighted by molar-refractivity contribution is -0.116. The molecule has 6 nitrogen and oxygen atoms in total. The zero-order valence-electron chi connectivity index (χ0n) is 17.4. The number of H-pyrrole nitrogens is 1. The van der Waals surface area contributed by atoms with Crippen molar-refractivity contribution >= 4 is 17.3 Å². The number of aromatic nitrogens is 2. The van der Waals surface area contributed by atoms with Crippen LogP contribution in [0.5, 0.6) is 5.75 Å². The SMILES string of the molecule is COc1ccc(-c2[nH]ncc2C2CC(=O)Nc3c2ccc(N2CCCC2)c3C)cc1. The van der Waals surface area contributed by atoms with Gasteiger partial charge in [-0.05, 0) is 61.2 Å². The maximum absolute atomic E-state index is 12.7. The standard InChI is InChI=1S/C24H26N4O2/c1-15-21(28-11-3-4-12-28)10-9-18-19(13-22(29)26-23(15)18)20-14-25-27-24(20)16-5-7-17(30-2)8-6-16/h5-10,14,19H,3-4,11-13H2,1-2H3,(H,25,27)(H,26,29). The van der Waals surface area contributed by atoms with Crippen molar-refractivity contribution in [2.75, 3.05) is 30.4 Å². The van der Waals surface area contributed by atoms with Crippen LogP contribution in [0.3, 0.4) is 0 Å². The van der Waals surface area contributed by atoms with Crippen molar-refractivity contribution in [3.63, 3.8) is 0 Å². The van der Waals surface area contributed by atoms with Gasteiger partial charge in [0.05, 0.1) is 19.0 Å². The quantitative estimate of drug-likeness (QED) is 0.676. The van der Waals surface area contributed by atoms with Crippen molar-refractivity contribution in [2.45, 2.75) is 32.1 Å². The van der Waals surface area contributed by atoms with E-state index in [0.29, 0.717) is 6.42 Å². The van der Waals surface area contributed by atoms with Crippen LogP contribution in [0.2, 0.25) is 0 Å². The molecule has 1 fully saturated rings. The van der Waals surface area contributed by atoms with E-state index in [1.54, 1.807) is 7.11 Å². The molecule has 1 unspecified atom stereocenters. The molecule has 2 aliphatic rings. The summed E-state index contributed by atoms with van der Waals surface area (Å²) in [6, 6.07) is 12.3. The number of nitrogens with one attached hydrogen (secondary N) is 2. The second-order valence-electron chi connectivity index (χ2n) is 8.10. The molecule has 1 atom stereocenters. The number of amides is 1. The topological polar surface area (TPSA) is 70.2 Å². The Kier molecular flexibility index (Phi) is 4.69. The number of aromatic amines is 1. The number of anilines is 2. The van der Waals surface area contributed by atoms with E-state index in [-0.39, 0.29) is 11.8 Å². The minimum Gasteiger partial charge on any atom is -0.497 e. The minimum absolute atomic E-state index is 0.0315. The van der Waals surface area contributed by atoms with Crippen molar-refractivity contribution in [2.24, 2.45) is 0 Å². The van der Waals surface area contributed by atoms with Gasteiger partial charge in [-0.25, -0.2) is 0 Å². The zero-order valence-corrected chi connectivity index (χ0v) is 17.4. The third-order valence-corrected chi connectivity index (χ3v) is 6.37. The van der Waals surface area contributed by atoms with Crippen molar-refractivity contribution in [3.8, 4) is 17.0 Å². The maximum Gasteiger partial charge on any atom is 0.225 e. The zero-order chi connectivity index (χ0) is 20.7. The predicted molar refractivity (Wildman–Crippen MR) is 118 cm³/mol. The van der Waals surface area contributed by atoms with Gasteiger partial charge in [-0.15, -0.1) is 0 Å². The number of hydrogen-bond acceptors (Lipinski definition) is 4. The molecule has 5 rings (SSSR count). The van der Waals surface area contributed by atoms with Crippen LogP contribution in [0.4, 0.5) is 11.4 Å². The lowest BCUT2D eigenvalue weighted by atomic mass is 9.82. The molecule has 2 aromatic carbocycles. The molecule has 0 aliphatic carbocycles. The molecule has 2 N–H and O–H groups in total. The molecule has 0 saturated carbocycles. The van der Waals surface area contributed by atoms with Crippen LogP contribution >= 0.6 is 0 Å². The van der Waals surface area contributed by atoms with Crippen LogP contribution in [0, 0.1) is 6.92 Å². The van der Waals surface area contributed by atoms with E-state index >= 15 is 0 Å². The summed E-state index contributed by atoms with van der Waals surface area (Å²) in [5.41, 5.74) is 7.53. The Hall–Kier alpha value is -3.28. The number of carbonyl (C=O) groups excluding carboxylic acids is 1. The van der Waals surface area contributed by atoms with Gasteiger partial charge >= 0.3 is 0 Å². The highest BCUT2D eigenvalue weighted by Gasteiger charge is 2.31. The van der Waals surface area contributed by atoms with Gasteiger partial charge in [-0.1, -0.05) is 6.07 Å². The van der Waals surface area contributed by atoms with E-state index in [0.717, 1.165) is 52.5 Å². The summed E-state index contributed by atoms with van der Waals surface area (Å²) in [6.45, 7) is 4.29. The average molecular weight is 402 g/mol. The number of nitrogens with zero attached hydrogens (tertiary/aromatic N) is 2. The third-order valence-electron chi connectivity index (χ3n) is 6.37. The van der Waals surface area contributed by atoms with E-state index in [1.807, 2.05) is 30.5 Å².